The predicted octanol–water partition coefficient (Wildman–Crippen LogP) is -0.338. The minimum absolute atomic E-state index is 0.283. The van der Waals surface area contributed by atoms with E-state index < -0.39 is 15.9 Å². The second-order valence-corrected chi connectivity index (χ2v) is 4.68. The first-order valence-corrected chi connectivity index (χ1v) is 5.90. The van der Waals surface area contributed by atoms with Crippen molar-refractivity contribution < 1.29 is 13.2 Å². The van der Waals surface area contributed by atoms with Crippen molar-refractivity contribution in [3.63, 3.8) is 0 Å². The molecule has 4 N–H and O–H groups in total. The SMILES string of the molecule is CS(=O)(=O)Nc1cccc(C(=O)NN)c1. The molecule has 0 saturated heterocycles. The molecular formula is C8H11N3O3S. The largest absolute Gasteiger partial charge is 0.290 e. The number of hydrogen-bond acceptors (Lipinski definition) is 4. The Morgan fingerprint density at radius 2 is 2.07 bits per heavy atom. The van der Waals surface area contributed by atoms with Crippen LogP contribution in [0.4, 0.5) is 5.69 Å². The number of carbonyl (C=O) groups is 1. The van der Waals surface area contributed by atoms with E-state index in [1.807, 2.05) is 5.43 Å². The molecule has 0 heterocycles. The van der Waals surface area contributed by atoms with Crippen molar-refractivity contribution in [1.29, 1.82) is 0 Å². The number of hydrazine groups is 1. The Morgan fingerprint density at radius 1 is 1.40 bits per heavy atom. The summed E-state index contributed by atoms with van der Waals surface area (Å²) in [6.07, 6.45) is 1.03. The predicted molar refractivity (Wildman–Crippen MR) is 56.6 cm³/mol. The van der Waals surface area contributed by atoms with Gasteiger partial charge in [-0.3, -0.25) is 14.9 Å². The van der Waals surface area contributed by atoms with E-state index in [0.29, 0.717) is 5.69 Å². The van der Waals surface area contributed by atoms with Crippen LogP contribution in [-0.4, -0.2) is 20.6 Å². The molecule has 1 rings (SSSR count). The number of benzene rings is 1. The van der Waals surface area contributed by atoms with Crippen LogP contribution < -0.4 is 16.0 Å². The highest BCUT2D eigenvalue weighted by Gasteiger charge is 2.06. The first-order chi connectivity index (χ1) is 6.92. The van der Waals surface area contributed by atoms with E-state index in [4.69, 9.17) is 5.84 Å². The van der Waals surface area contributed by atoms with Gasteiger partial charge >= 0.3 is 0 Å². The molecule has 0 aliphatic carbocycles. The van der Waals surface area contributed by atoms with Crippen molar-refractivity contribution >= 4 is 21.6 Å². The number of amides is 1. The van der Waals surface area contributed by atoms with Crippen molar-refractivity contribution in [2.24, 2.45) is 5.84 Å². The van der Waals surface area contributed by atoms with Gasteiger partial charge in [0.1, 0.15) is 0 Å². The minimum atomic E-state index is -3.34. The number of hydrogen-bond donors (Lipinski definition) is 3. The van der Waals surface area contributed by atoms with Gasteiger partial charge in [-0.25, -0.2) is 14.3 Å². The van der Waals surface area contributed by atoms with E-state index in [9.17, 15) is 13.2 Å². The standard InChI is InChI=1S/C8H11N3O3S/c1-15(13,14)11-7-4-2-3-6(5-7)8(12)10-9/h2-5,11H,9H2,1H3,(H,10,12). The normalized spacial score (nSPS) is 10.8. The van der Waals surface area contributed by atoms with E-state index in [0.717, 1.165) is 6.26 Å². The molecule has 0 saturated carbocycles. The lowest BCUT2D eigenvalue weighted by Crippen LogP contribution is -2.30. The smallest absolute Gasteiger partial charge is 0.265 e. The summed E-state index contributed by atoms with van der Waals surface area (Å²) >= 11 is 0. The number of nitrogen functional groups attached to an aromatic ring is 1. The second-order valence-electron chi connectivity index (χ2n) is 2.93. The Bertz CT molecular complexity index is 470. The van der Waals surface area contributed by atoms with Crippen LogP contribution in [0, 0.1) is 0 Å². The van der Waals surface area contributed by atoms with Gasteiger partial charge < -0.3 is 0 Å². The molecule has 0 unspecified atom stereocenters. The molecule has 0 fully saturated rings. The molecule has 1 amide bonds. The van der Waals surface area contributed by atoms with Crippen molar-refractivity contribution in [3.8, 4) is 0 Å². The topological polar surface area (TPSA) is 101 Å². The summed E-state index contributed by atoms with van der Waals surface area (Å²) in [5, 5.41) is 0. The summed E-state index contributed by atoms with van der Waals surface area (Å²) in [5.74, 6) is 4.46. The Labute approximate surface area is 87.5 Å². The van der Waals surface area contributed by atoms with E-state index >= 15 is 0 Å². The fourth-order valence-corrected chi connectivity index (χ4v) is 1.58. The molecule has 0 spiro atoms. The maximum atomic E-state index is 11.1. The molecule has 7 heteroatoms. The molecule has 82 valence electrons. The van der Waals surface area contributed by atoms with E-state index in [1.165, 1.54) is 18.2 Å². The zero-order chi connectivity index (χ0) is 11.5. The lowest BCUT2D eigenvalue weighted by molar-refractivity contribution is 0.0953. The van der Waals surface area contributed by atoms with Gasteiger partial charge in [0, 0.05) is 11.3 Å². The third-order valence-electron chi connectivity index (χ3n) is 1.56. The Morgan fingerprint density at radius 3 is 2.60 bits per heavy atom. The maximum absolute atomic E-state index is 11.1. The summed E-state index contributed by atoms with van der Waals surface area (Å²) in [6.45, 7) is 0. The maximum Gasteiger partial charge on any atom is 0.265 e. The number of carbonyl (C=O) groups excluding carboxylic acids is 1. The number of nitrogens with two attached hydrogens (primary N) is 1. The average molecular weight is 229 g/mol. The van der Waals surface area contributed by atoms with Gasteiger partial charge in [0.25, 0.3) is 5.91 Å². The summed E-state index contributed by atoms with van der Waals surface area (Å²) in [6, 6.07) is 6.01. The number of anilines is 1. The molecular weight excluding hydrogens is 218 g/mol. The van der Waals surface area contributed by atoms with Gasteiger partial charge in [-0.05, 0) is 18.2 Å². The van der Waals surface area contributed by atoms with E-state index in [1.54, 1.807) is 6.07 Å². The number of nitrogens with one attached hydrogen (secondary N) is 2. The van der Waals surface area contributed by atoms with Crippen LogP contribution >= 0.6 is 0 Å². The van der Waals surface area contributed by atoms with Gasteiger partial charge in [-0.15, -0.1) is 0 Å². The molecule has 0 bridgehead atoms. The fraction of sp³-hybridized carbons (Fsp3) is 0.125. The monoisotopic (exact) mass is 229 g/mol. The first-order valence-electron chi connectivity index (χ1n) is 4.01. The Hall–Kier alpha value is -1.60. The molecule has 1 aromatic carbocycles. The van der Waals surface area contributed by atoms with Gasteiger partial charge in [0.15, 0.2) is 0 Å². The van der Waals surface area contributed by atoms with Crippen LogP contribution in [-0.2, 0) is 10.0 Å². The summed E-state index contributed by atoms with van der Waals surface area (Å²) in [7, 11) is -3.34. The van der Waals surface area contributed by atoms with Crippen molar-refractivity contribution in [1.82, 2.24) is 5.43 Å². The Balaban J connectivity index is 2.98. The van der Waals surface area contributed by atoms with Crippen LogP contribution in [0.3, 0.4) is 0 Å². The van der Waals surface area contributed by atoms with Gasteiger partial charge in [-0.2, -0.15) is 0 Å². The minimum Gasteiger partial charge on any atom is -0.290 e. The highest BCUT2D eigenvalue weighted by molar-refractivity contribution is 7.92. The molecule has 0 aliphatic rings. The third-order valence-corrected chi connectivity index (χ3v) is 2.17. The second kappa shape index (κ2) is 4.28. The van der Waals surface area contributed by atoms with Crippen molar-refractivity contribution in [2.75, 3.05) is 11.0 Å². The number of rotatable bonds is 3. The van der Waals surface area contributed by atoms with Gasteiger partial charge in [0.2, 0.25) is 10.0 Å². The summed E-state index contributed by atoms with van der Waals surface area (Å²) in [5.41, 5.74) is 2.56. The molecule has 0 atom stereocenters. The van der Waals surface area contributed by atoms with Crippen molar-refractivity contribution in [3.05, 3.63) is 29.8 Å². The zero-order valence-electron chi connectivity index (χ0n) is 8.02. The Kier molecular flexibility index (Phi) is 3.28. The summed E-state index contributed by atoms with van der Waals surface area (Å²) < 4.78 is 24.1. The highest BCUT2D eigenvalue weighted by Crippen LogP contribution is 2.11. The summed E-state index contributed by atoms with van der Waals surface area (Å²) in [4.78, 5) is 11.1. The quantitative estimate of drug-likeness (QED) is 0.375. The molecule has 0 radical (unpaired) electrons. The highest BCUT2D eigenvalue weighted by atomic mass is 32.2. The number of sulfonamides is 1. The van der Waals surface area contributed by atoms with Crippen LogP contribution in [0.25, 0.3) is 0 Å². The van der Waals surface area contributed by atoms with Crippen molar-refractivity contribution in [2.45, 2.75) is 0 Å². The third kappa shape index (κ3) is 3.56. The lowest BCUT2D eigenvalue weighted by Gasteiger charge is -2.05. The fourth-order valence-electron chi connectivity index (χ4n) is 1.02. The molecule has 0 aromatic heterocycles. The lowest BCUT2D eigenvalue weighted by atomic mass is 10.2. The first kappa shape index (κ1) is 11.5. The van der Waals surface area contributed by atoms with Gasteiger partial charge in [0.05, 0.1) is 6.26 Å². The van der Waals surface area contributed by atoms with Crippen LogP contribution in [0.1, 0.15) is 10.4 Å². The zero-order valence-corrected chi connectivity index (χ0v) is 8.84. The van der Waals surface area contributed by atoms with Crippen LogP contribution in [0.5, 0.6) is 0 Å². The molecule has 15 heavy (non-hydrogen) atoms. The van der Waals surface area contributed by atoms with Crippen LogP contribution in [0.2, 0.25) is 0 Å². The molecule has 1 aromatic rings. The molecule has 0 aliphatic heterocycles. The van der Waals surface area contributed by atoms with E-state index in [-0.39, 0.29) is 5.56 Å². The average Bonchev–Trinajstić information content (AvgIpc) is 2.14. The van der Waals surface area contributed by atoms with Crippen LogP contribution in [0.15, 0.2) is 24.3 Å². The van der Waals surface area contributed by atoms with Gasteiger partial charge in [-0.1, -0.05) is 6.07 Å². The molecule has 6 nitrogen and oxygen atoms in total. The van der Waals surface area contributed by atoms with E-state index in [2.05, 4.69) is 4.72 Å².